The van der Waals surface area contributed by atoms with Crippen LogP contribution in [0.15, 0.2) is 24.3 Å². The third-order valence-corrected chi connectivity index (χ3v) is 5.17. The van der Waals surface area contributed by atoms with E-state index in [2.05, 4.69) is 0 Å². The standard InChI is InChI=1S/C20H20ClFO4/c1-10-15(23)7-11-8-16(24-2)19(25-3)20(26-4)18(11)17(10)13-9-12(21)5-6-14(13)22/h5-6,8-10,17H,7H2,1-4H3. The van der Waals surface area contributed by atoms with Crippen molar-refractivity contribution in [1.82, 2.24) is 0 Å². The van der Waals surface area contributed by atoms with E-state index in [0.717, 1.165) is 11.1 Å². The lowest BCUT2D eigenvalue weighted by Gasteiger charge is -2.33. The molecule has 26 heavy (non-hydrogen) atoms. The molecule has 0 heterocycles. The van der Waals surface area contributed by atoms with Gasteiger partial charge in [0.2, 0.25) is 5.75 Å². The highest BCUT2D eigenvalue weighted by molar-refractivity contribution is 6.30. The number of hydrogen-bond acceptors (Lipinski definition) is 4. The van der Waals surface area contributed by atoms with E-state index in [-0.39, 0.29) is 12.2 Å². The number of halogens is 2. The highest BCUT2D eigenvalue weighted by Crippen LogP contribution is 2.51. The minimum atomic E-state index is -0.528. The minimum Gasteiger partial charge on any atom is -0.493 e. The second-order valence-corrected chi connectivity index (χ2v) is 6.73. The van der Waals surface area contributed by atoms with Crippen LogP contribution in [0.5, 0.6) is 17.2 Å². The Morgan fingerprint density at radius 1 is 1.08 bits per heavy atom. The normalized spacial score (nSPS) is 19.1. The van der Waals surface area contributed by atoms with Crippen molar-refractivity contribution < 1.29 is 23.4 Å². The largest absolute Gasteiger partial charge is 0.493 e. The molecule has 1 aliphatic rings. The molecule has 0 aliphatic heterocycles. The Bertz CT molecular complexity index is 865. The van der Waals surface area contributed by atoms with Crippen LogP contribution in [0.1, 0.15) is 29.5 Å². The number of hydrogen-bond donors (Lipinski definition) is 0. The number of rotatable bonds is 4. The number of fused-ring (bicyclic) bond motifs is 1. The molecular formula is C20H20ClFO4. The Labute approximate surface area is 156 Å². The van der Waals surface area contributed by atoms with E-state index in [1.807, 2.05) is 0 Å². The van der Waals surface area contributed by atoms with Gasteiger partial charge in [-0.3, -0.25) is 4.79 Å². The van der Waals surface area contributed by atoms with Crippen molar-refractivity contribution in [1.29, 1.82) is 0 Å². The molecule has 3 rings (SSSR count). The summed E-state index contributed by atoms with van der Waals surface area (Å²) in [7, 11) is 4.55. The summed E-state index contributed by atoms with van der Waals surface area (Å²) in [5.74, 6) is -0.00820. The Morgan fingerprint density at radius 3 is 2.38 bits per heavy atom. The summed E-state index contributed by atoms with van der Waals surface area (Å²) in [5, 5.41) is 0.410. The lowest BCUT2D eigenvalue weighted by Crippen LogP contribution is -2.30. The maximum Gasteiger partial charge on any atom is 0.203 e. The first-order valence-electron chi connectivity index (χ1n) is 8.22. The van der Waals surface area contributed by atoms with E-state index in [4.69, 9.17) is 25.8 Å². The summed E-state index contributed by atoms with van der Waals surface area (Å²) in [5.41, 5.74) is 1.84. The lowest BCUT2D eigenvalue weighted by atomic mass is 9.71. The molecule has 0 amide bonds. The second-order valence-electron chi connectivity index (χ2n) is 6.29. The molecule has 0 saturated carbocycles. The monoisotopic (exact) mass is 378 g/mol. The molecule has 0 spiro atoms. The molecule has 4 nitrogen and oxygen atoms in total. The van der Waals surface area contributed by atoms with E-state index >= 15 is 0 Å². The molecule has 0 saturated heterocycles. The maximum atomic E-state index is 14.6. The van der Waals surface area contributed by atoms with Gasteiger partial charge in [-0.25, -0.2) is 4.39 Å². The molecule has 0 radical (unpaired) electrons. The average Bonchev–Trinajstić information content (AvgIpc) is 2.63. The van der Waals surface area contributed by atoms with Gasteiger partial charge in [0, 0.05) is 28.8 Å². The van der Waals surface area contributed by atoms with Crippen LogP contribution in [-0.2, 0) is 11.2 Å². The Hall–Kier alpha value is -2.27. The molecule has 2 unspecified atom stereocenters. The summed E-state index contributed by atoms with van der Waals surface area (Å²) in [6.45, 7) is 1.80. The van der Waals surface area contributed by atoms with Gasteiger partial charge in [-0.15, -0.1) is 0 Å². The van der Waals surface area contributed by atoms with Crippen LogP contribution in [0.3, 0.4) is 0 Å². The molecule has 2 atom stereocenters. The number of ketones is 1. The zero-order valence-corrected chi connectivity index (χ0v) is 15.8. The van der Waals surface area contributed by atoms with Crippen molar-refractivity contribution in [2.75, 3.05) is 21.3 Å². The Morgan fingerprint density at radius 2 is 1.77 bits per heavy atom. The van der Waals surface area contributed by atoms with Crippen LogP contribution in [0.2, 0.25) is 5.02 Å². The molecule has 138 valence electrons. The molecule has 0 fully saturated rings. The van der Waals surface area contributed by atoms with E-state index in [9.17, 15) is 9.18 Å². The smallest absolute Gasteiger partial charge is 0.203 e. The lowest BCUT2D eigenvalue weighted by molar-refractivity contribution is -0.122. The number of ether oxygens (including phenoxy) is 3. The zero-order valence-electron chi connectivity index (χ0n) is 15.1. The Kier molecular flexibility index (Phi) is 5.10. The van der Waals surface area contributed by atoms with Crippen LogP contribution in [0.25, 0.3) is 0 Å². The molecule has 2 aromatic carbocycles. The van der Waals surface area contributed by atoms with E-state index in [1.165, 1.54) is 33.5 Å². The van der Waals surface area contributed by atoms with Crippen LogP contribution >= 0.6 is 11.6 Å². The minimum absolute atomic E-state index is 0.0242. The van der Waals surface area contributed by atoms with Crippen molar-refractivity contribution in [3.05, 3.63) is 51.8 Å². The molecule has 0 aromatic heterocycles. The fraction of sp³-hybridized carbons (Fsp3) is 0.350. The van der Waals surface area contributed by atoms with Crippen molar-refractivity contribution in [2.45, 2.75) is 19.3 Å². The molecule has 1 aliphatic carbocycles. The Balaban J connectivity index is 2.35. The third-order valence-electron chi connectivity index (χ3n) is 4.93. The number of carbonyl (C=O) groups excluding carboxylic acids is 1. The topological polar surface area (TPSA) is 44.8 Å². The summed E-state index contributed by atoms with van der Waals surface area (Å²) < 4.78 is 31.1. The van der Waals surface area contributed by atoms with E-state index in [0.29, 0.717) is 27.8 Å². The molecule has 2 aromatic rings. The van der Waals surface area contributed by atoms with Gasteiger partial charge in [-0.2, -0.15) is 0 Å². The van der Waals surface area contributed by atoms with Gasteiger partial charge in [-0.1, -0.05) is 18.5 Å². The van der Waals surface area contributed by atoms with Gasteiger partial charge in [0.05, 0.1) is 21.3 Å². The van der Waals surface area contributed by atoms with Crippen LogP contribution in [-0.4, -0.2) is 27.1 Å². The van der Waals surface area contributed by atoms with Crippen molar-refractivity contribution >= 4 is 17.4 Å². The third kappa shape index (κ3) is 2.90. The first kappa shape index (κ1) is 18.5. The first-order chi connectivity index (χ1) is 12.4. The SMILES string of the molecule is COc1cc2c(c(OC)c1OC)C(c1cc(Cl)ccc1F)C(C)C(=O)C2. The average molecular weight is 379 g/mol. The summed E-state index contributed by atoms with van der Waals surface area (Å²) in [4.78, 5) is 12.6. The van der Waals surface area contributed by atoms with Crippen molar-refractivity contribution in [3.8, 4) is 17.2 Å². The predicted molar refractivity (Wildman–Crippen MR) is 97.2 cm³/mol. The predicted octanol–water partition coefficient (Wildman–Crippen LogP) is 4.40. The second kappa shape index (κ2) is 7.16. The number of carbonyl (C=O) groups is 1. The van der Waals surface area contributed by atoms with E-state index in [1.54, 1.807) is 19.1 Å². The molecule has 6 heteroatoms. The van der Waals surface area contributed by atoms with E-state index < -0.39 is 17.7 Å². The highest BCUT2D eigenvalue weighted by Gasteiger charge is 2.39. The van der Waals surface area contributed by atoms with Crippen LogP contribution < -0.4 is 14.2 Å². The molecule has 0 bridgehead atoms. The van der Waals surface area contributed by atoms with Crippen molar-refractivity contribution in [2.24, 2.45) is 5.92 Å². The maximum absolute atomic E-state index is 14.6. The zero-order chi connectivity index (χ0) is 19.0. The summed E-state index contributed by atoms with van der Waals surface area (Å²) in [6, 6.07) is 6.13. The first-order valence-corrected chi connectivity index (χ1v) is 8.60. The highest BCUT2D eigenvalue weighted by atomic mass is 35.5. The summed E-state index contributed by atoms with van der Waals surface area (Å²) in [6.07, 6.45) is 0.228. The van der Waals surface area contributed by atoms with Gasteiger partial charge in [0.1, 0.15) is 11.6 Å². The molecular weight excluding hydrogens is 359 g/mol. The summed E-state index contributed by atoms with van der Waals surface area (Å²) >= 11 is 6.10. The number of benzene rings is 2. The number of Topliss-reactive ketones (excluding diaryl/α,β-unsaturated/α-hetero) is 1. The van der Waals surface area contributed by atoms with Crippen LogP contribution in [0, 0.1) is 11.7 Å². The fourth-order valence-electron chi connectivity index (χ4n) is 3.68. The van der Waals surface area contributed by atoms with Gasteiger partial charge in [0.25, 0.3) is 0 Å². The van der Waals surface area contributed by atoms with Crippen molar-refractivity contribution in [3.63, 3.8) is 0 Å². The van der Waals surface area contributed by atoms with Gasteiger partial charge < -0.3 is 14.2 Å². The quantitative estimate of drug-likeness (QED) is 0.791. The van der Waals surface area contributed by atoms with Crippen LogP contribution in [0.4, 0.5) is 4.39 Å². The van der Waals surface area contributed by atoms with Gasteiger partial charge in [0.15, 0.2) is 11.5 Å². The van der Waals surface area contributed by atoms with Gasteiger partial charge >= 0.3 is 0 Å². The molecule has 0 N–H and O–H groups in total. The number of methoxy groups -OCH3 is 3. The van der Waals surface area contributed by atoms with Gasteiger partial charge in [-0.05, 0) is 35.4 Å². The fourth-order valence-corrected chi connectivity index (χ4v) is 3.86.